The molecule has 0 saturated heterocycles. The van der Waals surface area contributed by atoms with E-state index in [2.05, 4.69) is 14.7 Å². The van der Waals surface area contributed by atoms with Gasteiger partial charge >= 0.3 is 6.18 Å². The van der Waals surface area contributed by atoms with Crippen molar-refractivity contribution < 1.29 is 13.2 Å². The molecule has 3 aromatic carbocycles. The number of halogens is 3. The summed E-state index contributed by atoms with van der Waals surface area (Å²) < 4.78 is 43.4. The van der Waals surface area contributed by atoms with E-state index in [1.54, 1.807) is 30.5 Å². The van der Waals surface area contributed by atoms with Crippen LogP contribution in [0.5, 0.6) is 0 Å². The molecule has 0 radical (unpaired) electrons. The first-order chi connectivity index (χ1) is 17.6. The van der Waals surface area contributed by atoms with Gasteiger partial charge in [-0.1, -0.05) is 42.5 Å². The van der Waals surface area contributed by atoms with Crippen LogP contribution in [0.3, 0.4) is 0 Å². The molecule has 5 aromatic rings. The first-order valence-electron chi connectivity index (χ1n) is 11.6. The fraction of sp³-hybridized carbons (Fsp3) is 0.138. The third kappa shape index (κ3) is 4.46. The number of hydrogen-bond acceptors (Lipinski definition) is 3. The van der Waals surface area contributed by atoms with Crippen LogP contribution < -0.4 is 5.56 Å². The van der Waals surface area contributed by atoms with Crippen molar-refractivity contribution in [2.75, 3.05) is 0 Å². The quantitative estimate of drug-likeness (QED) is 0.259. The summed E-state index contributed by atoms with van der Waals surface area (Å²) in [5.41, 5.74) is 4.03. The number of rotatable bonds is 4. The third-order valence-corrected chi connectivity index (χ3v) is 6.34. The Bertz CT molecular complexity index is 1730. The van der Waals surface area contributed by atoms with Gasteiger partial charge in [0.2, 0.25) is 0 Å². The van der Waals surface area contributed by atoms with Crippen molar-refractivity contribution in [1.82, 2.24) is 14.2 Å². The number of aryl methyl sites for hydroxylation is 2. The monoisotopic (exact) mass is 500 g/mol. The summed E-state index contributed by atoms with van der Waals surface area (Å²) in [5, 5.41) is 4.77. The summed E-state index contributed by atoms with van der Waals surface area (Å²) in [6.07, 6.45) is -2.99. The van der Waals surface area contributed by atoms with Crippen LogP contribution >= 0.6 is 0 Å². The third-order valence-electron chi connectivity index (χ3n) is 6.34. The van der Waals surface area contributed by atoms with Crippen molar-refractivity contribution in [3.8, 4) is 17.1 Å². The fourth-order valence-electron chi connectivity index (χ4n) is 4.48. The van der Waals surface area contributed by atoms with Crippen molar-refractivity contribution in [3.05, 3.63) is 117 Å². The molecule has 0 saturated carbocycles. The maximum atomic E-state index is 13.4. The Kier molecular flexibility index (Phi) is 6.03. The van der Waals surface area contributed by atoms with E-state index in [4.69, 9.17) is 0 Å². The Morgan fingerprint density at radius 2 is 1.62 bits per heavy atom. The Balaban J connectivity index is 1.68. The minimum atomic E-state index is -4.53. The molecule has 0 N–H and O–H groups in total. The Labute approximate surface area is 211 Å². The van der Waals surface area contributed by atoms with Gasteiger partial charge in [-0.15, -0.1) is 0 Å². The average molecular weight is 501 g/mol. The molecule has 0 aliphatic heterocycles. The van der Waals surface area contributed by atoms with Gasteiger partial charge in [0.05, 0.1) is 22.7 Å². The van der Waals surface area contributed by atoms with Gasteiger partial charge in [-0.3, -0.25) is 4.79 Å². The summed E-state index contributed by atoms with van der Waals surface area (Å²) in [5.74, 6) is 0.0266. The van der Waals surface area contributed by atoms with E-state index in [1.165, 1.54) is 12.1 Å². The Morgan fingerprint density at radius 3 is 2.38 bits per heavy atom. The number of fused-ring (bicyclic) bond motifs is 1. The Hall–Kier alpha value is -4.46. The first-order valence-corrected chi connectivity index (χ1v) is 11.6. The number of para-hydroxylation sites is 2. The molecule has 2 aromatic heterocycles. The van der Waals surface area contributed by atoms with Gasteiger partial charge < -0.3 is 4.57 Å². The number of nitrogens with zero attached hydrogens (tertiary/aromatic N) is 4. The van der Waals surface area contributed by atoms with Crippen LogP contribution in [0.25, 0.3) is 28.0 Å². The van der Waals surface area contributed by atoms with E-state index in [1.807, 2.05) is 51.1 Å². The average Bonchev–Trinajstić information content (AvgIpc) is 3.16. The lowest BCUT2D eigenvalue weighted by Crippen LogP contribution is -2.20. The molecule has 0 atom stereocenters. The Morgan fingerprint density at radius 1 is 0.892 bits per heavy atom. The van der Waals surface area contributed by atoms with Gasteiger partial charge in [0, 0.05) is 28.2 Å². The molecule has 0 fully saturated rings. The van der Waals surface area contributed by atoms with Gasteiger partial charge in [0.1, 0.15) is 0 Å². The van der Waals surface area contributed by atoms with E-state index >= 15 is 0 Å². The van der Waals surface area contributed by atoms with Crippen molar-refractivity contribution >= 4 is 17.1 Å². The standard InChI is InChI=1S/C29H23F3N4O/c1-18-9-4-7-14-26(18)35-19(2)15-22(20(35)3)17-33-36-27(21-10-8-11-23(16-21)29(30,31)32)34-25-13-6-5-12-24(25)28(36)37/h4-17H,1-3H3. The van der Waals surface area contributed by atoms with Crippen LogP contribution in [-0.2, 0) is 6.18 Å². The second-order valence-corrected chi connectivity index (χ2v) is 8.84. The predicted octanol–water partition coefficient (Wildman–Crippen LogP) is 6.68. The lowest BCUT2D eigenvalue weighted by atomic mass is 10.1. The fourth-order valence-corrected chi connectivity index (χ4v) is 4.48. The van der Waals surface area contributed by atoms with E-state index in [9.17, 15) is 18.0 Å². The molecule has 5 rings (SSSR count). The van der Waals surface area contributed by atoms with Crippen molar-refractivity contribution in [1.29, 1.82) is 0 Å². The van der Waals surface area contributed by atoms with Crippen LogP contribution in [-0.4, -0.2) is 20.4 Å². The molecular formula is C29H23F3N4O. The molecular weight excluding hydrogens is 477 g/mol. The minimum Gasteiger partial charge on any atom is -0.318 e. The summed E-state index contributed by atoms with van der Waals surface area (Å²) >= 11 is 0. The highest BCUT2D eigenvalue weighted by atomic mass is 19.4. The lowest BCUT2D eigenvalue weighted by Gasteiger charge is -2.13. The first kappa shape index (κ1) is 24.2. The molecule has 0 amide bonds. The molecule has 0 bridgehead atoms. The van der Waals surface area contributed by atoms with Gasteiger partial charge in [0.15, 0.2) is 5.82 Å². The SMILES string of the molecule is Cc1ccccc1-n1c(C)cc(C=Nn2c(-c3cccc(C(F)(F)F)c3)nc3ccccc3c2=O)c1C. The molecule has 37 heavy (non-hydrogen) atoms. The number of benzene rings is 3. The van der Waals surface area contributed by atoms with Gasteiger partial charge in [-0.2, -0.15) is 22.9 Å². The highest BCUT2D eigenvalue weighted by molar-refractivity contribution is 5.83. The zero-order valence-electron chi connectivity index (χ0n) is 20.4. The summed E-state index contributed by atoms with van der Waals surface area (Å²) in [6, 6.07) is 21.4. The molecule has 0 unspecified atom stereocenters. The second kappa shape index (κ2) is 9.20. The van der Waals surface area contributed by atoms with Gasteiger partial charge in [-0.05, 0) is 62.7 Å². The van der Waals surface area contributed by atoms with Crippen molar-refractivity contribution in [2.45, 2.75) is 26.9 Å². The van der Waals surface area contributed by atoms with Crippen LogP contribution in [0.15, 0.2) is 88.8 Å². The van der Waals surface area contributed by atoms with Crippen LogP contribution in [0.4, 0.5) is 13.2 Å². The van der Waals surface area contributed by atoms with E-state index in [0.717, 1.165) is 45.0 Å². The highest BCUT2D eigenvalue weighted by Gasteiger charge is 2.31. The minimum absolute atomic E-state index is 0.0266. The van der Waals surface area contributed by atoms with Crippen LogP contribution in [0.1, 0.15) is 28.1 Å². The smallest absolute Gasteiger partial charge is 0.318 e. The van der Waals surface area contributed by atoms with Crippen molar-refractivity contribution in [3.63, 3.8) is 0 Å². The lowest BCUT2D eigenvalue weighted by molar-refractivity contribution is -0.137. The zero-order valence-corrected chi connectivity index (χ0v) is 20.4. The van der Waals surface area contributed by atoms with Crippen LogP contribution in [0.2, 0.25) is 0 Å². The van der Waals surface area contributed by atoms with E-state index < -0.39 is 17.3 Å². The maximum absolute atomic E-state index is 13.4. The summed E-state index contributed by atoms with van der Waals surface area (Å²) in [7, 11) is 0. The number of alkyl halides is 3. The second-order valence-electron chi connectivity index (χ2n) is 8.84. The number of hydrogen-bond donors (Lipinski definition) is 0. The number of aromatic nitrogens is 3. The topological polar surface area (TPSA) is 52.2 Å². The molecule has 5 nitrogen and oxygen atoms in total. The molecule has 0 aliphatic carbocycles. The summed E-state index contributed by atoms with van der Waals surface area (Å²) in [4.78, 5) is 18.0. The largest absolute Gasteiger partial charge is 0.416 e. The maximum Gasteiger partial charge on any atom is 0.416 e. The van der Waals surface area contributed by atoms with Crippen LogP contribution in [0, 0.1) is 20.8 Å². The normalized spacial score (nSPS) is 12.1. The van der Waals surface area contributed by atoms with E-state index in [0.29, 0.717) is 10.9 Å². The molecule has 0 spiro atoms. The predicted molar refractivity (Wildman–Crippen MR) is 139 cm³/mol. The summed E-state index contributed by atoms with van der Waals surface area (Å²) in [6.45, 7) is 5.97. The zero-order chi connectivity index (χ0) is 26.3. The molecule has 8 heteroatoms. The molecule has 0 aliphatic rings. The van der Waals surface area contributed by atoms with Gasteiger partial charge in [-0.25, -0.2) is 4.98 Å². The highest BCUT2D eigenvalue weighted by Crippen LogP contribution is 2.32. The molecule has 186 valence electrons. The molecule has 2 heterocycles. The van der Waals surface area contributed by atoms with Crippen molar-refractivity contribution in [2.24, 2.45) is 5.10 Å². The van der Waals surface area contributed by atoms with Gasteiger partial charge in [0.25, 0.3) is 5.56 Å². The van der Waals surface area contributed by atoms with E-state index in [-0.39, 0.29) is 11.4 Å².